The summed E-state index contributed by atoms with van der Waals surface area (Å²) in [6, 6.07) is 15.0. The molecule has 0 saturated carbocycles. The monoisotopic (exact) mass is 640 g/mol. The number of unbranched alkanes of at least 4 members (excludes halogenated alkanes) is 4. The van der Waals surface area contributed by atoms with Crippen LogP contribution in [0, 0.1) is 5.92 Å². The number of carbonyl (C=O) groups is 4. The number of nitrogens with zero attached hydrogens (tertiary/aromatic N) is 3. The molecule has 5 amide bonds. The summed E-state index contributed by atoms with van der Waals surface area (Å²) in [5, 5.41) is 6.26. The van der Waals surface area contributed by atoms with Crippen LogP contribution in [0.4, 0.5) is 16.2 Å². The summed E-state index contributed by atoms with van der Waals surface area (Å²) in [6.45, 7) is 6.50. The number of amides is 5. The summed E-state index contributed by atoms with van der Waals surface area (Å²) in [5.41, 5.74) is 6.41. The highest BCUT2D eigenvalue weighted by atomic mass is 35.5. The maximum absolute atomic E-state index is 14.4. The number of carbonyl (C=O) groups excluding carboxylic acids is 4. The van der Waals surface area contributed by atoms with Crippen molar-refractivity contribution in [2.45, 2.75) is 71.3 Å². The molecule has 1 saturated heterocycles. The van der Waals surface area contributed by atoms with E-state index in [1.807, 2.05) is 35.2 Å². The van der Waals surface area contributed by atoms with Gasteiger partial charge in [-0.05, 0) is 56.0 Å². The third-order valence-corrected chi connectivity index (χ3v) is 8.28. The van der Waals surface area contributed by atoms with E-state index in [0.717, 1.165) is 38.5 Å². The zero-order valence-electron chi connectivity index (χ0n) is 26.7. The lowest BCUT2D eigenvalue weighted by Crippen LogP contribution is -2.58. The number of anilines is 2. The molecule has 1 aliphatic heterocycles. The minimum atomic E-state index is -0.866. The second-order valence-electron chi connectivity index (χ2n) is 11.5. The van der Waals surface area contributed by atoms with Crippen molar-refractivity contribution in [3.05, 3.63) is 59.6 Å². The fraction of sp³-hybridized carbons (Fsp3) is 0.529. The lowest BCUT2D eigenvalue weighted by molar-refractivity contribution is -0.139. The van der Waals surface area contributed by atoms with Crippen LogP contribution in [0.2, 0.25) is 5.02 Å². The van der Waals surface area contributed by atoms with E-state index in [4.69, 9.17) is 17.3 Å². The molecule has 1 aliphatic rings. The molecule has 246 valence electrons. The number of para-hydroxylation sites is 1. The molecule has 11 heteroatoms. The normalized spacial score (nSPS) is 16.2. The van der Waals surface area contributed by atoms with Crippen LogP contribution >= 0.6 is 11.6 Å². The number of nitrogens with two attached hydrogens (primary N) is 1. The van der Waals surface area contributed by atoms with Crippen LogP contribution in [0.1, 0.15) is 65.2 Å². The van der Waals surface area contributed by atoms with Crippen molar-refractivity contribution < 1.29 is 19.2 Å². The maximum atomic E-state index is 14.4. The third-order valence-electron chi connectivity index (χ3n) is 8.05. The lowest BCUT2D eigenvalue weighted by atomic mass is 9.88. The SMILES string of the molecule is CCCCCN(CCCCC)C(=O)[C@H]1CCN(C(=O)N(c2ccccc2)c2cccc(Cl)c2)[C@H](C(=O)NCCNCC(N)=O)C1. The fourth-order valence-corrected chi connectivity index (χ4v) is 5.84. The van der Waals surface area contributed by atoms with E-state index in [2.05, 4.69) is 24.5 Å². The Morgan fingerprint density at radius 1 is 0.911 bits per heavy atom. The summed E-state index contributed by atoms with van der Waals surface area (Å²) in [6.07, 6.45) is 6.82. The molecule has 0 aliphatic carbocycles. The standard InChI is InChI=1S/C34H49ClN6O4/c1-3-5-10-20-39(21-11-6-4-2)33(44)26-17-22-40(30(23-26)32(43)38-19-18-37-25-31(36)42)34(45)41(28-14-8-7-9-15-28)29-16-12-13-27(35)24-29/h7-9,12-16,24,26,30,37H,3-6,10-11,17-23,25H2,1-2H3,(H2,36,42)(H,38,43)/t26-,30-/m0/s1. The van der Waals surface area contributed by atoms with E-state index in [9.17, 15) is 19.2 Å². The molecule has 4 N–H and O–H groups in total. The molecule has 0 radical (unpaired) electrons. The van der Waals surface area contributed by atoms with Gasteiger partial charge in [0, 0.05) is 43.7 Å². The van der Waals surface area contributed by atoms with Crippen LogP contribution in [0.25, 0.3) is 0 Å². The van der Waals surface area contributed by atoms with Gasteiger partial charge >= 0.3 is 6.03 Å². The van der Waals surface area contributed by atoms with Gasteiger partial charge in [0.25, 0.3) is 0 Å². The van der Waals surface area contributed by atoms with Gasteiger partial charge in [0.2, 0.25) is 17.7 Å². The van der Waals surface area contributed by atoms with Crippen molar-refractivity contribution in [3.63, 3.8) is 0 Å². The molecule has 2 aromatic carbocycles. The van der Waals surface area contributed by atoms with Crippen LogP contribution in [0.3, 0.4) is 0 Å². The highest BCUT2D eigenvalue weighted by Crippen LogP contribution is 2.33. The highest BCUT2D eigenvalue weighted by Gasteiger charge is 2.41. The van der Waals surface area contributed by atoms with Crippen LogP contribution in [-0.2, 0) is 14.4 Å². The summed E-state index contributed by atoms with van der Waals surface area (Å²) < 4.78 is 0. The second-order valence-corrected chi connectivity index (χ2v) is 12.0. The fourth-order valence-electron chi connectivity index (χ4n) is 5.66. The molecule has 1 heterocycles. The van der Waals surface area contributed by atoms with Crippen molar-refractivity contribution >= 4 is 46.7 Å². The van der Waals surface area contributed by atoms with Gasteiger partial charge in [0.15, 0.2) is 0 Å². The Hall–Kier alpha value is -3.63. The van der Waals surface area contributed by atoms with Gasteiger partial charge < -0.3 is 26.2 Å². The minimum Gasteiger partial charge on any atom is -0.369 e. The van der Waals surface area contributed by atoms with Crippen LogP contribution in [0.5, 0.6) is 0 Å². The van der Waals surface area contributed by atoms with Crippen LogP contribution in [0.15, 0.2) is 54.6 Å². The Morgan fingerprint density at radius 2 is 1.58 bits per heavy atom. The largest absolute Gasteiger partial charge is 0.369 e. The number of nitrogens with one attached hydrogen (secondary N) is 2. The Labute approximate surface area is 272 Å². The van der Waals surface area contributed by atoms with E-state index in [1.54, 1.807) is 34.1 Å². The van der Waals surface area contributed by atoms with E-state index in [1.165, 1.54) is 0 Å². The summed E-state index contributed by atoms with van der Waals surface area (Å²) in [5.74, 6) is -1.15. The first-order valence-corrected chi connectivity index (χ1v) is 16.6. The molecule has 10 nitrogen and oxygen atoms in total. The van der Waals surface area contributed by atoms with E-state index >= 15 is 0 Å². The zero-order chi connectivity index (χ0) is 32.6. The summed E-state index contributed by atoms with van der Waals surface area (Å²) in [7, 11) is 0. The Bertz CT molecular complexity index is 1240. The lowest BCUT2D eigenvalue weighted by Gasteiger charge is -2.41. The first kappa shape index (κ1) is 35.8. The molecule has 0 unspecified atom stereocenters. The average molecular weight is 641 g/mol. The quantitative estimate of drug-likeness (QED) is 0.208. The average Bonchev–Trinajstić information content (AvgIpc) is 3.04. The number of urea groups is 1. The molecule has 0 spiro atoms. The van der Waals surface area contributed by atoms with Gasteiger partial charge in [-0.15, -0.1) is 0 Å². The molecule has 0 aromatic heterocycles. The van der Waals surface area contributed by atoms with Gasteiger partial charge in [-0.1, -0.05) is 75.4 Å². The van der Waals surface area contributed by atoms with Crippen molar-refractivity contribution in [1.82, 2.24) is 20.4 Å². The summed E-state index contributed by atoms with van der Waals surface area (Å²) in [4.78, 5) is 58.2. The molecular formula is C34H49ClN6O4. The van der Waals surface area contributed by atoms with Crippen molar-refractivity contribution in [2.75, 3.05) is 44.2 Å². The van der Waals surface area contributed by atoms with Gasteiger partial charge in [-0.3, -0.25) is 19.3 Å². The number of rotatable bonds is 17. The number of hydrogen-bond donors (Lipinski definition) is 3. The highest BCUT2D eigenvalue weighted by molar-refractivity contribution is 6.31. The minimum absolute atomic E-state index is 0.00193. The Kier molecular flexibility index (Phi) is 15.1. The van der Waals surface area contributed by atoms with Crippen molar-refractivity contribution in [2.24, 2.45) is 11.7 Å². The molecule has 2 atom stereocenters. The number of hydrogen-bond acceptors (Lipinski definition) is 5. The van der Waals surface area contributed by atoms with Gasteiger partial charge in [-0.25, -0.2) is 4.79 Å². The zero-order valence-corrected chi connectivity index (χ0v) is 27.4. The third kappa shape index (κ3) is 11.0. The van der Waals surface area contributed by atoms with E-state index in [0.29, 0.717) is 42.5 Å². The smallest absolute Gasteiger partial charge is 0.329 e. The van der Waals surface area contributed by atoms with Gasteiger partial charge in [0.05, 0.1) is 17.9 Å². The van der Waals surface area contributed by atoms with Crippen molar-refractivity contribution in [1.29, 1.82) is 0 Å². The number of primary amides is 1. The van der Waals surface area contributed by atoms with Crippen LogP contribution < -0.4 is 21.3 Å². The topological polar surface area (TPSA) is 128 Å². The first-order chi connectivity index (χ1) is 21.8. The maximum Gasteiger partial charge on any atom is 0.329 e. The Morgan fingerprint density at radius 3 is 2.20 bits per heavy atom. The molecule has 45 heavy (non-hydrogen) atoms. The second kappa shape index (κ2) is 19.0. The predicted molar refractivity (Wildman–Crippen MR) is 179 cm³/mol. The molecule has 1 fully saturated rings. The van der Waals surface area contributed by atoms with E-state index < -0.39 is 11.9 Å². The first-order valence-electron chi connectivity index (χ1n) is 16.2. The van der Waals surface area contributed by atoms with Gasteiger partial charge in [0.1, 0.15) is 6.04 Å². The van der Waals surface area contributed by atoms with Crippen molar-refractivity contribution in [3.8, 4) is 0 Å². The number of benzene rings is 2. The van der Waals surface area contributed by atoms with Gasteiger partial charge in [-0.2, -0.15) is 0 Å². The Balaban J connectivity index is 1.88. The number of piperidine rings is 1. The predicted octanol–water partition coefficient (Wildman–Crippen LogP) is 5.08. The van der Waals surface area contributed by atoms with E-state index in [-0.39, 0.29) is 49.8 Å². The number of likely N-dealkylation sites (tertiary alicyclic amines) is 1. The molecular weight excluding hydrogens is 592 g/mol. The molecule has 2 aromatic rings. The molecule has 0 bridgehead atoms. The molecule has 3 rings (SSSR count). The summed E-state index contributed by atoms with van der Waals surface area (Å²) >= 11 is 6.33. The van der Waals surface area contributed by atoms with Crippen LogP contribution in [-0.4, -0.2) is 78.9 Å². The number of halogens is 1.